The third-order valence-electron chi connectivity index (χ3n) is 1.54. The smallest absolute Gasteiger partial charge is 0.547 e. The number of hydrogen-bond donors (Lipinski definition) is 6. The molecule has 15 nitrogen and oxygen atoms in total. The molecule has 0 fully saturated rings. The summed E-state index contributed by atoms with van der Waals surface area (Å²) in [4.78, 5) is 46.6. The number of hydrogen-bond acceptors (Lipinski definition) is 14. The Bertz CT molecular complexity index is 412. The molecule has 7 N–H and O–H groups in total. The molecule has 0 aromatic rings. The van der Waals surface area contributed by atoms with E-state index in [1.165, 1.54) is 0 Å². The molecule has 0 heterocycles. The molecule has 0 saturated carbocycles. The third-order valence-corrected chi connectivity index (χ3v) is 1.54. The summed E-state index contributed by atoms with van der Waals surface area (Å²) in [5.74, 6) is -6.71. The van der Waals surface area contributed by atoms with Crippen LogP contribution in [0.15, 0.2) is 0 Å². The van der Waals surface area contributed by atoms with Gasteiger partial charge in [0.15, 0.2) is 0 Å². The van der Waals surface area contributed by atoms with Crippen molar-refractivity contribution >= 4 is 29.8 Å². The van der Waals surface area contributed by atoms with Gasteiger partial charge in [-0.3, -0.25) is 4.79 Å². The van der Waals surface area contributed by atoms with E-state index in [2.05, 4.69) is 5.73 Å². The first-order valence-corrected chi connectivity index (χ1v) is 7.32. The molecule has 174 valence electrons. The van der Waals surface area contributed by atoms with E-state index in [9.17, 15) is 44.4 Å². The molecule has 4 unspecified atom stereocenters. The molecule has 0 aromatic carbocycles. The molecule has 4 atom stereocenters. The Hall–Kier alpha value is -1.60. The van der Waals surface area contributed by atoms with Crippen molar-refractivity contribution in [1.29, 1.82) is 0 Å². The molecule has 0 aliphatic carbocycles. The monoisotopic (exact) mass is 559 g/mol. The Kier molecular flexibility index (Phi) is 46.6. The van der Waals surface area contributed by atoms with Crippen LogP contribution < -0.4 is 26.2 Å². The maximum atomic E-state index is 9.34. The predicted molar refractivity (Wildman–Crippen MR) is 83.4 cm³/mol. The second kappa shape index (κ2) is 30.6. The Morgan fingerprint density at radius 3 is 0.677 bits per heavy atom. The van der Waals surface area contributed by atoms with Gasteiger partial charge < -0.3 is 70.9 Å². The summed E-state index contributed by atoms with van der Waals surface area (Å²) in [6.45, 7) is 4.26. The van der Waals surface area contributed by atoms with E-state index < -0.39 is 54.3 Å². The van der Waals surface area contributed by atoms with Gasteiger partial charge >= 0.3 is 44.9 Å². The van der Waals surface area contributed by atoms with Gasteiger partial charge in [0.2, 0.25) is 0 Å². The Morgan fingerprint density at radius 2 is 0.677 bits per heavy atom. The summed E-state index contributed by atoms with van der Waals surface area (Å²) in [5, 5.41) is 76.8. The van der Waals surface area contributed by atoms with Crippen LogP contribution in [0.4, 0.5) is 0 Å². The number of aliphatic hydroxyl groups excluding tert-OH is 4. The quantitative estimate of drug-likeness (QED) is 0.170. The minimum Gasteiger partial charge on any atom is -0.547 e. The van der Waals surface area contributed by atoms with Crippen molar-refractivity contribution in [2.75, 3.05) is 6.54 Å². The molecule has 0 bridgehead atoms. The van der Waals surface area contributed by atoms with Crippen LogP contribution in [0.5, 0.6) is 0 Å². The summed E-state index contributed by atoms with van der Waals surface area (Å²) in [6.07, 6.45) is -5.37. The minimum atomic E-state index is -1.44. The van der Waals surface area contributed by atoms with Gasteiger partial charge in [-0.15, -0.1) is 0 Å². The van der Waals surface area contributed by atoms with Crippen molar-refractivity contribution in [2.45, 2.75) is 52.1 Å². The summed E-state index contributed by atoms with van der Waals surface area (Å²) in [6, 6.07) is 0. The van der Waals surface area contributed by atoms with Crippen LogP contribution in [0.25, 0.3) is 0 Å². The van der Waals surface area contributed by atoms with E-state index in [-0.39, 0.29) is 45.5 Å². The average Bonchev–Trinajstić information content (AvgIpc) is 2.56. The van der Waals surface area contributed by atoms with Crippen molar-refractivity contribution in [1.82, 2.24) is 0 Å². The molecule has 0 aliphatic rings. The van der Waals surface area contributed by atoms with Gasteiger partial charge in [0, 0.05) is 0 Å². The zero-order chi connectivity index (χ0) is 24.9. The fourth-order valence-electron chi connectivity index (χ4n) is 0. The molecular formula is C14H25NO14Zn2. The van der Waals surface area contributed by atoms with Crippen molar-refractivity contribution < 1.29 is 109 Å². The van der Waals surface area contributed by atoms with Crippen LogP contribution in [-0.4, -0.2) is 86.3 Å². The fraction of sp³-hybridized carbons (Fsp3) is 0.643. The summed E-state index contributed by atoms with van der Waals surface area (Å²) in [5.41, 5.74) is 4.57. The summed E-state index contributed by atoms with van der Waals surface area (Å²) in [7, 11) is 0. The van der Waals surface area contributed by atoms with Gasteiger partial charge in [-0.2, -0.15) is 0 Å². The molecule has 0 spiro atoms. The molecule has 17 heteroatoms. The SMILES string of the molecule is CC(O)C(=O)[O-].CC(O)C(=O)[O-].CC(O)C(=O)[O-].CC(O)C(=O)[O-].NCC(=O)O.[Zn+2].[Zn+2]. The van der Waals surface area contributed by atoms with Gasteiger partial charge in [-0.05, 0) is 27.7 Å². The van der Waals surface area contributed by atoms with Crippen LogP contribution >= 0.6 is 0 Å². The molecule has 0 amide bonds. The zero-order valence-corrected chi connectivity index (χ0v) is 23.4. The number of carboxylic acid groups (broad SMARTS) is 5. The number of aliphatic carboxylic acids is 5. The van der Waals surface area contributed by atoms with Gasteiger partial charge in [0.25, 0.3) is 0 Å². The van der Waals surface area contributed by atoms with E-state index in [4.69, 9.17) is 25.5 Å². The predicted octanol–water partition coefficient (Wildman–Crippen LogP) is -8.51. The van der Waals surface area contributed by atoms with Gasteiger partial charge in [-0.25, -0.2) is 0 Å². The number of carbonyl (C=O) groups excluding carboxylic acids is 4. The molecule has 0 aliphatic heterocycles. The van der Waals surface area contributed by atoms with E-state index >= 15 is 0 Å². The largest absolute Gasteiger partial charge is 2.00 e. The van der Waals surface area contributed by atoms with E-state index in [0.717, 1.165) is 27.7 Å². The number of aliphatic hydroxyl groups is 4. The number of carboxylic acids is 5. The Balaban J connectivity index is -0.0000000458. The van der Waals surface area contributed by atoms with Crippen molar-refractivity contribution in [3.05, 3.63) is 0 Å². The zero-order valence-electron chi connectivity index (χ0n) is 17.4. The third kappa shape index (κ3) is 73.6. The number of carbonyl (C=O) groups is 5. The molecular weight excluding hydrogens is 537 g/mol. The molecule has 0 aromatic heterocycles. The maximum Gasteiger partial charge on any atom is 2.00 e. The van der Waals surface area contributed by atoms with Gasteiger partial charge in [-0.1, -0.05) is 0 Å². The van der Waals surface area contributed by atoms with Crippen molar-refractivity contribution in [2.24, 2.45) is 5.73 Å². The van der Waals surface area contributed by atoms with Crippen molar-refractivity contribution in [3.8, 4) is 0 Å². The average molecular weight is 562 g/mol. The van der Waals surface area contributed by atoms with Crippen LogP contribution in [-0.2, 0) is 62.9 Å². The number of rotatable bonds is 5. The van der Waals surface area contributed by atoms with E-state index in [1.807, 2.05) is 0 Å². The van der Waals surface area contributed by atoms with Crippen LogP contribution in [0, 0.1) is 0 Å². The first-order valence-electron chi connectivity index (χ1n) is 7.32. The summed E-state index contributed by atoms with van der Waals surface area (Å²) < 4.78 is 0. The van der Waals surface area contributed by atoms with E-state index in [1.54, 1.807) is 0 Å². The molecule has 0 rings (SSSR count). The topological polar surface area (TPSA) is 305 Å². The molecule has 0 saturated heterocycles. The first-order chi connectivity index (χ1) is 12.8. The second-order valence-electron chi connectivity index (χ2n) is 4.58. The van der Waals surface area contributed by atoms with Crippen LogP contribution in [0.3, 0.4) is 0 Å². The van der Waals surface area contributed by atoms with Gasteiger partial charge in [0.1, 0.15) is 0 Å². The molecule has 0 radical (unpaired) electrons. The number of nitrogens with two attached hydrogens (primary N) is 1. The minimum absolute atomic E-state index is 0. The Morgan fingerprint density at radius 1 is 0.613 bits per heavy atom. The van der Waals surface area contributed by atoms with E-state index in [0.29, 0.717) is 0 Å². The maximum absolute atomic E-state index is 9.34. The van der Waals surface area contributed by atoms with Gasteiger partial charge in [0.05, 0.1) is 54.8 Å². The van der Waals surface area contributed by atoms with Crippen LogP contribution in [0.1, 0.15) is 27.7 Å². The molecule has 31 heavy (non-hydrogen) atoms. The fourth-order valence-corrected chi connectivity index (χ4v) is 0. The first kappa shape index (κ1) is 47.3. The second-order valence-corrected chi connectivity index (χ2v) is 4.58. The Labute approximate surface area is 203 Å². The standard InChI is InChI=1S/4C3H6O3.C2H5NO2.2Zn/c4*1-2(4)3(5)6;3-1-2(4)5;;/h4*2,4H,1H3,(H,5,6);1,3H2,(H,4,5);;/q;;;;;2*+2/p-4. The van der Waals surface area contributed by atoms with Crippen LogP contribution in [0.2, 0.25) is 0 Å². The summed E-state index contributed by atoms with van der Waals surface area (Å²) >= 11 is 0. The normalized spacial score (nSPS) is 11.8. The van der Waals surface area contributed by atoms with Crippen molar-refractivity contribution in [3.63, 3.8) is 0 Å².